The second-order valence-corrected chi connectivity index (χ2v) is 9.66. The lowest BCUT2D eigenvalue weighted by Crippen LogP contribution is -2.53. The van der Waals surface area contributed by atoms with E-state index in [4.69, 9.17) is 4.74 Å². The van der Waals surface area contributed by atoms with E-state index >= 15 is 0 Å². The van der Waals surface area contributed by atoms with Gasteiger partial charge >= 0.3 is 0 Å². The molecule has 3 amide bonds. The fourth-order valence-electron chi connectivity index (χ4n) is 4.94. The molecule has 192 valence electrons. The minimum absolute atomic E-state index is 0.0479. The molecule has 1 heterocycles. The molecule has 1 saturated heterocycles. The number of amides is 3. The highest BCUT2D eigenvalue weighted by atomic mass is 16.5. The normalized spacial score (nSPS) is 19.9. The topological polar surface area (TPSA) is 91.0 Å². The summed E-state index contributed by atoms with van der Waals surface area (Å²) in [6.45, 7) is 2.37. The molecule has 0 bridgehead atoms. The molecule has 1 saturated carbocycles. The van der Waals surface area contributed by atoms with Crippen molar-refractivity contribution in [2.75, 3.05) is 38.7 Å². The third kappa shape index (κ3) is 6.43. The highest BCUT2D eigenvalue weighted by Crippen LogP contribution is 2.21. The molecule has 2 aromatic rings. The fourth-order valence-corrected chi connectivity index (χ4v) is 4.94. The average Bonchev–Trinajstić information content (AvgIpc) is 3.42. The summed E-state index contributed by atoms with van der Waals surface area (Å²) in [5.74, 6) is 0.409. The maximum atomic E-state index is 13.0. The Labute approximate surface area is 213 Å². The molecule has 4 rings (SSSR count). The van der Waals surface area contributed by atoms with Crippen LogP contribution in [0.15, 0.2) is 48.5 Å². The lowest BCUT2D eigenvalue weighted by molar-refractivity contribution is -0.119. The summed E-state index contributed by atoms with van der Waals surface area (Å²) in [5, 5.41) is 6.22. The lowest BCUT2D eigenvalue weighted by Gasteiger charge is -2.33. The molecule has 2 atom stereocenters. The van der Waals surface area contributed by atoms with Crippen molar-refractivity contribution < 1.29 is 19.1 Å². The van der Waals surface area contributed by atoms with Crippen molar-refractivity contribution in [1.82, 2.24) is 15.5 Å². The standard InChI is InChI=1S/C28H36N4O4/c1-31(26(33)19-32-17-5-6-18-32)22-13-9-20(10-14-22)27(34)29-24-7-3-4-8-25(24)30-28(35)21-11-15-23(36-2)16-12-21/h9-16,24-25H,3-8,17-19H2,1-2H3,(H,29,34)(H,30,35)/t24-,25+/m1/s1. The van der Waals surface area contributed by atoms with Gasteiger partial charge in [-0.15, -0.1) is 0 Å². The Morgan fingerprint density at radius 1 is 0.833 bits per heavy atom. The van der Waals surface area contributed by atoms with Crippen LogP contribution >= 0.6 is 0 Å². The van der Waals surface area contributed by atoms with Crippen LogP contribution in [0.5, 0.6) is 5.75 Å². The zero-order valence-corrected chi connectivity index (χ0v) is 21.2. The van der Waals surface area contributed by atoms with Crippen molar-refractivity contribution in [3.05, 3.63) is 59.7 Å². The molecule has 1 aliphatic heterocycles. The highest BCUT2D eigenvalue weighted by molar-refractivity contribution is 5.97. The fraction of sp³-hybridized carbons (Fsp3) is 0.464. The summed E-state index contributed by atoms with van der Waals surface area (Å²) in [6, 6.07) is 13.8. The number of carbonyl (C=O) groups excluding carboxylic acids is 3. The number of anilines is 1. The molecule has 0 aromatic heterocycles. The highest BCUT2D eigenvalue weighted by Gasteiger charge is 2.28. The van der Waals surface area contributed by atoms with Crippen molar-refractivity contribution in [3.8, 4) is 5.75 Å². The maximum Gasteiger partial charge on any atom is 0.251 e. The molecule has 8 nitrogen and oxygen atoms in total. The van der Waals surface area contributed by atoms with Gasteiger partial charge in [0.15, 0.2) is 0 Å². The first-order valence-electron chi connectivity index (χ1n) is 12.8. The van der Waals surface area contributed by atoms with Crippen molar-refractivity contribution in [3.63, 3.8) is 0 Å². The van der Waals surface area contributed by atoms with Crippen LogP contribution < -0.4 is 20.3 Å². The van der Waals surface area contributed by atoms with Gasteiger partial charge in [0.05, 0.1) is 13.7 Å². The monoisotopic (exact) mass is 492 g/mol. The Bertz CT molecular complexity index is 1050. The summed E-state index contributed by atoms with van der Waals surface area (Å²) in [6.07, 6.45) is 5.93. The SMILES string of the molecule is COc1ccc(C(=O)N[C@H]2CCCC[C@H]2NC(=O)c2ccc(N(C)C(=O)CN3CCCC3)cc2)cc1. The van der Waals surface area contributed by atoms with Gasteiger partial charge in [-0.05, 0) is 87.3 Å². The van der Waals surface area contributed by atoms with E-state index in [1.807, 2.05) is 0 Å². The second-order valence-electron chi connectivity index (χ2n) is 9.66. The summed E-state index contributed by atoms with van der Waals surface area (Å²) in [4.78, 5) is 42.2. The van der Waals surface area contributed by atoms with Crippen molar-refractivity contribution in [1.29, 1.82) is 0 Å². The molecule has 2 aromatic carbocycles. The van der Waals surface area contributed by atoms with E-state index in [0.717, 1.165) is 57.3 Å². The molecular weight excluding hydrogens is 456 g/mol. The number of benzene rings is 2. The molecule has 8 heteroatoms. The molecular formula is C28H36N4O4. The summed E-state index contributed by atoms with van der Waals surface area (Å²) < 4.78 is 5.16. The Morgan fingerprint density at radius 2 is 1.33 bits per heavy atom. The summed E-state index contributed by atoms with van der Waals surface area (Å²) >= 11 is 0. The van der Waals surface area contributed by atoms with Crippen molar-refractivity contribution in [2.24, 2.45) is 0 Å². The Morgan fingerprint density at radius 3 is 1.83 bits per heavy atom. The number of likely N-dealkylation sites (N-methyl/N-ethyl adjacent to an activating group) is 1. The number of hydrogen-bond acceptors (Lipinski definition) is 5. The van der Waals surface area contributed by atoms with Gasteiger partial charge in [-0.3, -0.25) is 19.3 Å². The Hall–Kier alpha value is -3.39. The molecule has 2 fully saturated rings. The molecule has 1 aliphatic carbocycles. The van der Waals surface area contributed by atoms with Gasteiger partial charge < -0.3 is 20.3 Å². The molecule has 36 heavy (non-hydrogen) atoms. The van der Waals surface area contributed by atoms with Crippen LogP contribution in [0.1, 0.15) is 59.2 Å². The van der Waals surface area contributed by atoms with E-state index in [0.29, 0.717) is 23.4 Å². The van der Waals surface area contributed by atoms with Crippen LogP contribution in [0.25, 0.3) is 0 Å². The number of carbonyl (C=O) groups is 3. The lowest BCUT2D eigenvalue weighted by atomic mass is 9.89. The van der Waals surface area contributed by atoms with Gasteiger partial charge in [0.1, 0.15) is 5.75 Å². The Kier molecular flexibility index (Phi) is 8.59. The predicted molar refractivity (Wildman–Crippen MR) is 139 cm³/mol. The smallest absolute Gasteiger partial charge is 0.251 e. The molecule has 0 spiro atoms. The van der Waals surface area contributed by atoms with Crippen molar-refractivity contribution >= 4 is 23.4 Å². The number of ether oxygens (including phenoxy) is 1. The van der Waals surface area contributed by atoms with Crippen LogP contribution in [-0.4, -0.2) is 68.5 Å². The first-order chi connectivity index (χ1) is 17.4. The predicted octanol–water partition coefficient (Wildman–Crippen LogP) is 3.22. The maximum absolute atomic E-state index is 13.0. The van der Waals surface area contributed by atoms with Crippen LogP contribution in [0.4, 0.5) is 5.69 Å². The van der Waals surface area contributed by atoms with E-state index in [2.05, 4.69) is 15.5 Å². The van der Waals surface area contributed by atoms with Gasteiger partial charge in [-0.1, -0.05) is 12.8 Å². The molecule has 0 unspecified atom stereocenters. The molecule has 2 aliphatic rings. The van der Waals surface area contributed by atoms with E-state index in [-0.39, 0.29) is 29.8 Å². The van der Waals surface area contributed by atoms with Gasteiger partial charge in [0.2, 0.25) is 5.91 Å². The quantitative estimate of drug-likeness (QED) is 0.591. The van der Waals surface area contributed by atoms with Crippen LogP contribution in [0.2, 0.25) is 0 Å². The number of nitrogens with zero attached hydrogens (tertiary/aromatic N) is 2. The van der Waals surface area contributed by atoms with Gasteiger partial charge in [0, 0.05) is 35.9 Å². The summed E-state index contributed by atoms with van der Waals surface area (Å²) in [5.41, 5.74) is 1.86. The zero-order valence-electron chi connectivity index (χ0n) is 21.2. The minimum atomic E-state index is -0.178. The Balaban J connectivity index is 1.34. The largest absolute Gasteiger partial charge is 0.497 e. The number of rotatable bonds is 8. The first-order valence-corrected chi connectivity index (χ1v) is 12.8. The van der Waals surface area contributed by atoms with E-state index in [1.165, 1.54) is 0 Å². The van der Waals surface area contributed by atoms with E-state index < -0.39 is 0 Å². The average molecular weight is 493 g/mol. The third-order valence-corrected chi connectivity index (χ3v) is 7.20. The van der Waals surface area contributed by atoms with Gasteiger partial charge in [-0.25, -0.2) is 0 Å². The molecule has 0 radical (unpaired) electrons. The van der Waals surface area contributed by atoms with Crippen LogP contribution in [0.3, 0.4) is 0 Å². The third-order valence-electron chi connectivity index (χ3n) is 7.20. The zero-order chi connectivity index (χ0) is 25.5. The van der Waals surface area contributed by atoms with Crippen LogP contribution in [0, 0.1) is 0 Å². The number of hydrogen-bond donors (Lipinski definition) is 2. The van der Waals surface area contributed by atoms with Crippen molar-refractivity contribution in [2.45, 2.75) is 50.6 Å². The van der Waals surface area contributed by atoms with Crippen LogP contribution in [-0.2, 0) is 4.79 Å². The number of nitrogens with one attached hydrogen (secondary N) is 2. The summed E-state index contributed by atoms with van der Waals surface area (Å²) in [7, 11) is 3.36. The van der Waals surface area contributed by atoms with E-state index in [9.17, 15) is 14.4 Å². The number of likely N-dealkylation sites (tertiary alicyclic amines) is 1. The second kappa shape index (κ2) is 12.0. The number of methoxy groups -OCH3 is 1. The van der Waals surface area contributed by atoms with Gasteiger partial charge in [0.25, 0.3) is 11.8 Å². The minimum Gasteiger partial charge on any atom is -0.497 e. The molecule has 2 N–H and O–H groups in total. The van der Waals surface area contributed by atoms with E-state index in [1.54, 1.807) is 67.6 Å². The van der Waals surface area contributed by atoms with Gasteiger partial charge in [-0.2, -0.15) is 0 Å². The first kappa shape index (κ1) is 25.7.